The molecule has 2 aliphatic rings. The topological polar surface area (TPSA) is 35.6 Å². The molecule has 1 unspecified atom stereocenters. The van der Waals surface area contributed by atoms with Crippen molar-refractivity contribution in [3.05, 3.63) is 29.6 Å². The van der Waals surface area contributed by atoms with Crippen molar-refractivity contribution in [2.75, 3.05) is 31.1 Å². The van der Waals surface area contributed by atoms with Crippen LogP contribution in [0.1, 0.15) is 0 Å². The van der Waals surface area contributed by atoms with Crippen molar-refractivity contribution in [2.24, 2.45) is 0 Å². The van der Waals surface area contributed by atoms with Gasteiger partial charge in [-0.05, 0) is 12.1 Å². The zero-order chi connectivity index (χ0) is 13.6. The highest BCUT2D eigenvalue weighted by Crippen LogP contribution is 2.29. The molecule has 0 aliphatic carbocycles. The number of urea groups is 1. The summed E-state index contributed by atoms with van der Waals surface area (Å²) in [5.74, 6) is -4.12. The van der Waals surface area contributed by atoms with Crippen molar-refractivity contribution >= 4 is 24.1 Å². The number of anilines is 1. The zero-order valence-electron chi connectivity index (χ0n) is 10.4. The standard InChI is InChI=1S/C12H12F3N3O.ClH/c13-8-1-2-9(11(15)10(8)14)18-6-7-5-16-3-4-17(7)12(18)19;/h1-2,7,16H,3-6H2;1H. The Bertz CT molecular complexity index is 543. The Hall–Kier alpha value is -1.47. The van der Waals surface area contributed by atoms with Gasteiger partial charge in [0.15, 0.2) is 17.5 Å². The fourth-order valence-electron chi connectivity index (χ4n) is 2.55. The van der Waals surface area contributed by atoms with Gasteiger partial charge in [-0.2, -0.15) is 0 Å². The molecule has 4 nitrogen and oxygen atoms in total. The molecular weight excluding hydrogens is 295 g/mol. The number of piperazine rings is 1. The third-order valence-electron chi connectivity index (χ3n) is 3.53. The fourth-order valence-corrected chi connectivity index (χ4v) is 2.55. The molecule has 2 amide bonds. The Balaban J connectivity index is 0.00000147. The number of carbonyl (C=O) groups excluding carboxylic acids is 1. The number of fused-ring (bicyclic) bond motifs is 1. The summed E-state index contributed by atoms with van der Waals surface area (Å²) < 4.78 is 39.9. The van der Waals surface area contributed by atoms with Gasteiger partial charge in [0, 0.05) is 26.2 Å². The number of rotatable bonds is 1. The van der Waals surface area contributed by atoms with Crippen LogP contribution in [0.4, 0.5) is 23.7 Å². The van der Waals surface area contributed by atoms with E-state index in [0.717, 1.165) is 17.0 Å². The van der Waals surface area contributed by atoms with Crippen LogP contribution in [0.15, 0.2) is 12.1 Å². The minimum Gasteiger partial charge on any atom is -0.317 e. The normalized spacial score (nSPS) is 21.8. The van der Waals surface area contributed by atoms with Gasteiger partial charge in [0.05, 0.1) is 11.7 Å². The molecule has 2 fully saturated rings. The van der Waals surface area contributed by atoms with Crippen LogP contribution in [-0.4, -0.2) is 43.2 Å². The molecule has 8 heteroatoms. The molecule has 20 heavy (non-hydrogen) atoms. The summed E-state index contributed by atoms with van der Waals surface area (Å²) in [5, 5.41) is 3.14. The van der Waals surface area contributed by atoms with Crippen molar-refractivity contribution < 1.29 is 18.0 Å². The molecule has 110 valence electrons. The summed E-state index contributed by atoms with van der Waals surface area (Å²) in [6, 6.07) is 1.50. The third kappa shape index (κ3) is 2.20. The molecule has 2 heterocycles. The first-order chi connectivity index (χ1) is 9.09. The Kier molecular flexibility index (Phi) is 4.10. The molecule has 0 bridgehead atoms. The summed E-state index contributed by atoms with van der Waals surface area (Å²) in [6.45, 7) is 2.10. The molecule has 0 aromatic heterocycles. The number of amides is 2. The van der Waals surface area contributed by atoms with Crippen LogP contribution in [-0.2, 0) is 0 Å². The van der Waals surface area contributed by atoms with Crippen LogP contribution in [0.3, 0.4) is 0 Å². The number of carbonyl (C=O) groups is 1. The Labute approximate surface area is 119 Å². The summed E-state index contributed by atoms with van der Waals surface area (Å²) in [5.41, 5.74) is -0.210. The second kappa shape index (κ2) is 5.49. The van der Waals surface area contributed by atoms with E-state index < -0.39 is 17.5 Å². The molecule has 1 aromatic rings. The first-order valence-electron chi connectivity index (χ1n) is 6.02. The van der Waals surface area contributed by atoms with E-state index in [9.17, 15) is 18.0 Å². The molecule has 2 aliphatic heterocycles. The van der Waals surface area contributed by atoms with E-state index in [2.05, 4.69) is 5.32 Å². The third-order valence-corrected chi connectivity index (χ3v) is 3.53. The maximum atomic E-state index is 13.7. The van der Waals surface area contributed by atoms with Crippen LogP contribution >= 0.6 is 12.4 Å². The van der Waals surface area contributed by atoms with Crippen LogP contribution in [0.5, 0.6) is 0 Å². The molecule has 1 atom stereocenters. The van der Waals surface area contributed by atoms with Crippen molar-refractivity contribution in [1.82, 2.24) is 10.2 Å². The average Bonchev–Trinajstić information content (AvgIpc) is 2.74. The fraction of sp³-hybridized carbons (Fsp3) is 0.417. The second-order valence-corrected chi connectivity index (χ2v) is 4.64. The lowest BCUT2D eigenvalue weighted by Crippen LogP contribution is -2.49. The smallest absolute Gasteiger partial charge is 0.317 e. The van der Waals surface area contributed by atoms with E-state index in [1.54, 1.807) is 4.90 Å². The first kappa shape index (κ1) is 14.9. The second-order valence-electron chi connectivity index (χ2n) is 4.64. The van der Waals surface area contributed by atoms with Gasteiger partial charge in [0.25, 0.3) is 0 Å². The lowest BCUT2D eigenvalue weighted by Gasteiger charge is -2.28. The predicted molar refractivity (Wildman–Crippen MR) is 69.7 cm³/mol. The number of hydrogen-bond donors (Lipinski definition) is 1. The van der Waals surface area contributed by atoms with Gasteiger partial charge >= 0.3 is 6.03 Å². The maximum absolute atomic E-state index is 13.7. The van der Waals surface area contributed by atoms with Gasteiger partial charge < -0.3 is 10.2 Å². The van der Waals surface area contributed by atoms with E-state index in [-0.39, 0.29) is 36.7 Å². The summed E-state index contributed by atoms with van der Waals surface area (Å²) in [7, 11) is 0. The molecule has 2 saturated heterocycles. The monoisotopic (exact) mass is 307 g/mol. The van der Waals surface area contributed by atoms with Crippen molar-refractivity contribution in [1.29, 1.82) is 0 Å². The van der Waals surface area contributed by atoms with E-state index in [1.165, 1.54) is 0 Å². The summed E-state index contributed by atoms with van der Waals surface area (Å²) in [4.78, 5) is 14.9. The number of benzene rings is 1. The highest BCUT2D eigenvalue weighted by molar-refractivity contribution is 5.95. The van der Waals surface area contributed by atoms with Crippen LogP contribution in [0.2, 0.25) is 0 Å². The van der Waals surface area contributed by atoms with Gasteiger partial charge in [0.1, 0.15) is 0 Å². The first-order valence-corrected chi connectivity index (χ1v) is 6.02. The minimum atomic E-state index is -1.55. The lowest BCUT2D eigenvalue weighted by molar-refractivity contribution is 0.193. The number of hydrogen-bond acceptors (Lipinski definition) is 2. The van der Waals surface area contributed by atoms with Gasteiger partial charge in [-0.25, -0.2) is 18.0 Å². The highest BCUT2D eigenvalue weighted by Gasteiger charge is 2.40. The van der Waals surface area contributed by atoms with Gasteiger partial charge in [-0.3, -0.25) is 4.90 Å². The summed E-state index contributed by atoms with van der Waals surface area (Å²) in [6.07, 6.45) is 0. The van der Waals surface area contributed by atoms with E-state index in [1.807, 2.05) is 0 Å². The molecule has 0 saturated carbocycles. The molecule has 1 N–H and O–H groups in total. The maximum Gasteiger partial charge on any atom is 0.325 e. The van der Waals surface area contributed by atoms with Crippen LogP contribution in [0, 0.1) is 17.5 Å². The van der Waals surface area contributed by atoms with Gasteiger partial charge in [-0.15, -0.1) is 12.4 Å². The zero-order valence-corrected chi connectivity index (χ0v) is 11.2. The van der Waals surface area contributed by atoms with Crippen molar-refractivity contribution in [2.45, 2.75) is 6.04 Å². The van der Waals surface area contributed by atoms with E-state index in [0.29, 0.717) is 19.6 Å². The predicted octanol–water partition coefficient (Wildman–Crippen LogP) is 1.74. The Morgan fingerprint density at radius 3 is 2.65 bits per heavy atom. The van der Waals surface area contributed by atoms with E-state index in [4.69, 9.17) is 0 Å². The molecule has 3 rings (SSSR count). The Morgan fingerprint density at radius 1 is 1.20 bits per heavy atom. The van der Waals surface area contributed by atoms with E-state index >= 15 is 0 Å². The number of nitrogens with zero attached hydrogens (tertiary/aromatic N) is 2. The lowest BCUT2D eigenvalue weighted by atomic mass is 10.2. The van der Waals surface area contributed by atoms with Crippen LogP contribution < -0.4 is 10.2 Å². The van der Waals surface area contributed by atoms with Gasteiger partial charge in [-0.1, -0.05) is 0 Å². The highest BCUT2D eigenvalue weighted by atomic mass is 35.5. The van der Waals surface area contributed by atoms with Crippen molar-refractivity contribution in [3.8, 4) is 0 Å². The van der Waals surface area contributed by atoms with Gasteiger partial charge in [0.2, 0.25) is 0 Å². The SMILES string of the molecule is Cl.O=C1N(c2ccc(F)c(F)c2F)CC2CNCCN12. The van der Waals surface area contributed by atoms with Crippen LogP contribution in [0.25, 0.3) is 0 Å². The largest absolute Gasteiger partial charge is 0.325 e. The summed E-state index contributed by atoms with van der Waals surface area (Å²) >= 11 is 0. The minimum absolute atomic E-state index is 0. The number of halogens is 4. The Morgan fingerprint density at radius 2 is 1.95 bits per heavy atom. The number of nitrogens with one attached hydrogen (secondary N) is 1. The average molecular weight is 308 g/mol. The molecule has 0 spiro atoms. The molecule has 0 radical (unpaired) electrons. The quantitative estimate of drug-likeness (QED) is 0.802. The molecular formula is C12H13ClF3N3O. The molecule has 1 aromatic carbocycles. The van der Waals surface area contributed by atoms with Crippen molar-refractivity contribution in [3.63, 3.8) is 0 Å².